The summed E-state index contributed by atoms with van der Waals surface area (Å²) in [6, 6.07) is 6.07. The number of imidazole rings is 1. The molecule has 0 atom stereocenters. The van der Waals surface area contributed by atoms with Crippen molar-refractivity contribution in [3.05, 3.63) is 47.0 Å². The number of H-pyrrole nitrogens is 1. The predicted molar refractivity (Wildman–Crippen MR) is 80.7 cm³/mol. The lowest BCUT2D eigenvalue weighted by Crippen LogP contribution is -2.29. The minimum absolute atomic E-state index is 0.00828. The van der Waals surface area contributed by atoms with Crippen LogP contribution in [-0.4, -0.2) is 39.1 Å². The second-order valence-corrected chi connectivity index (χ2v) is 5.57. The number of carboxylic acid groups (broad SMARTS) is 1. The third-order valence-corrected chi connectivity index (χ3v) is 3.67. The monoisotopic (exact) mass is 301 g/mol. The van der Waals surface area contributed by atoms with Crippen molar-refractivity contribution in [3.8, 4) is 5.75 Å². The second-order valence-electron chi connectivity index (χ2n) is 5.57. The van der Waals surface area contributed by atoms with Crippen LogP contribution in [0.5, 0.6) is 5.75 Å². The number of nitrogens with one attached hydrogen (secondary N) is 1. The largest absolute Gasteiger partial charge is 0.493 e. The third-order valence-electron chi connectivity index (χ3n) is 3.67. The minimum atomic E-state index is -0.833. The minimum Gasteiger partial charge on any atom is -0.493 e. The molecule has 0 spiro atoms. The highest BCUT2D eigenvalue weighted by atomic mass is 16.5. The molecule has 0 saturated heterocycles. The summed E-state index contributed by atoms with van der Waals surface area (Å²) in [5, 5.41) is 9.11. The van der Waals surface area contributed by atoms with Crippen LogP contribution >= 0.6 is 0 Å². The normalized spacial score (nSPS) is 13.2. The number of carbonyl (C=O) groups is 1. The lowest BCUT2D eigenvalue weighted by atomic mass is 10.1. The first-order valence-corrected chi connectivity index (χ1v) is 7.29. The standard InChI is InChI=1S/C16H19N3O3/c1-11-17-7-14(18-11)9-19(10-16(20)21)8-12-2-3-15-13(6-12)4-5-22-15/h2-3,6-7H,4-5,8-10H2,1H3,(H,17,18)(H,20,21). The van der Waals surface area contributed by atoms with Gasteiger partial charge < -0.3 is 14.8 Å². The summed E-state index contributed by atoms with van der Waals surface area (Å²) in [5.74, 6) is 0.943. The van der Waals surface area contributed by atoms with Crippen molar-refractivity contribution < 1.29 is 14.6 Å². The molecule has 0 saturated carbocycles. The van der Waals surface area contributed by atoms with Crippen molar-refractivity contribution in [2.75, 3.05) is 13.2 Å². The van der Waals surface area contributed by atoms with E-state index in [9.17, 15) is 4.79 Å². The number of carboxylic acids is 1. The third kappa shape index (κ3) is 3.46. The maximum Gasteiger partial charge on any atom is 0.317 e. The number of aromatic amines is 1. The van der Waals surface area contributed by atoms with Gasteiger partial charge in [-0.25, -0.2) is 4.98 Å². The van der Waals surface area contributed by atoms with Crippen molar-refractivity contribution in [1.82, 2.24) is 14.9 Å². The molecule has 1 aromatic carbocycles. The summed E-state index contributed by atoms with van der Waals surface area (Å²) in [6.45, 7) is 3.71. The summed E-state index contributed by atoms with van der Waals surface area (Å²) in [7, 11) is 0. The molecule has 2 aromatic rings. The van der Waals surface area contributed by atoms with Crippen molar-refractivity contribution in [2.24, 2.45) is 0 Å². The zero-order valence-electron chi connectivity index (χ0n) is 12.5. The molecule has 2 heterocycles. The number of rotatable bonds is 6. The van der Waals surface area contributed by atoms with Crippen LogP contribution in [0.4, 0.5) is 0 Å². The molecule has 1 aromatic heterocycles. The first-order chi connectivity index (χ1) is 10.6. The molecule has 3 rings (SSSR count). The molecule has 0 fully saturated rings. The molecular formula is C16H19N3O3. The van der Waals surface area contributed by atoms with Gasteiger partial charge in [0.25, 0.3) is 0 Å². The van der Waals surface area contributed by atoms with E-state index in [0.717, 1.165) is 35.9 Å². The van der Waals surface area contributed by atoms with Gasteiger partial charge in [-0.1, -0.05) is 12.1 Å². The predicted octanol–water partition coefficient (Wildman–Crippen LogP) is 1.74. The highest BCUT2D eigenvalue weighted by molar-refractivity contribution is 5.69. The molecule has 0 unspecified atom stereocenters. The Hall–Kier alpha value is -2.34. The first-order valence-electron chi connectivity index (χ1n) is 7.29. The van der Waals surface area contributed by atoms with E-state index >= 15 is 0 Å². The number of hydrogen-bond acceptors (Lipinski definition) is 4. The van der Waals surface area contributed by atoms with E-state index in [1.54, 1.807) is 6.20 Å². The van der Waals surface area contributed by atoms with Crippen LogP contribution in [0.25, 0.3) is 0 Å². The van der Waals surface area contributed by atoms with Gasteiger partial charge in [-0.3, -0.25) is 9.69 Å². The van der Waals surface area contributed by atoms with Crippen LogP contribution in [0.2, 0.25) is 0 Å². The van der Waals surface area contributed by atoms with Crippen molar-refractivity contribution in [2.45, 2.75) is 26.4 Å². The average molecular weight is 301 g/mol. The Morgan fingerprint density at radius 2 is 2.32 bits per heavy atom. The highest BCUT2D eigenvalue weighted by Gasteiger charge is 2.16. The number of nitrogens with zero attached hydrogens (tertiary/aromatic N) is 2. The Morgan fingerprint density at radius 3 is 3.05 bits per heavy atom. The van der Waals surface area contributed by atoms with Gasteiger partial charge in [-0.05, 0) is 24.1 Å². The molecule has 1 aliphatic rings. The van der Waals surface area contributed by atoms with Crippen LogP contribution in [-0.2, 0) is 24.3 Å². The van der Waals surface area contributed by atoms with Gasteiger partial charge >= 0.3 is 5.97 Å². The first kappa shape index (κ1) is 14.6. The van der Waals surface area contributed by atoms with Crippen LogP contribution in [0, 0.1) is 6.92 Å². The van der Waals surface area contributed by atoms with E-state index in [1.165, 1.54) is 5.56 Å². The molecule has 2 N–H and O–H groups in total. The van der Waals surface area contributed by atoms with Gasteiger partial charge in [0.15, 0.2) is 0 Å². The number of hydrogen-bond donors (Lipinski definition) is 2. The Labute approximate surface area is 128 Å². The number of aromatic nitrogens is 2. The van der Waals surface area contributed by atoms with Gasteiger partial charge in [0.05, 0.1) is 13.2 Å². The van der Waals surface area contributed by atoms with Crippen LogP contribution < -0.4 is 4.74 Å². The van der Waals surface area contributed by atoms with Crippen LogP contribution in [0.1, 0.15) is 22.6 Å². The zero-order chi connectivity index (χ0) is 15.5. The molecule has 0 bridgehead atoms. The molecule has 0 amide bonds. The van der Waals surface area contributed by atoms with Gasteiger partial charge in [-0.15, -0.1) is 0 Å². The number of aryl methyl sites for hydroxylation is 1. The number of fused-ring (bicyclic) bond motifs is 1. The lowest BCUT2D eigenvalue weighted by Gasteiger charge is -2.19. The van der Waals surface area contributed by atoms with E-state index in [0.29, 0.717) is 13.1 Å². The maximum atomic E-state index is 11.1. The molecule has 6 heteroatoms. The quantitative estimate of drug-likeness (QED) is 0.849. The Balaban J connectivity index is 1.73. The summed E-state index contributed by atoms with van der Waals surface area (Å²) in [6.07, 6.45) is 2.67. The molecule has 6 nitrogen and oxygen atoms in total. The number of ether oxygens (including phenoxy) is 1. The van der Waals surface area contributed by atoms with Gasteiger partial charge in [-0.2, -0.15) is 0 Å². The summed E-state index contributed by atoms with van der Waals surface area (Å²) >= 11 is 0. The maximum absolute atomic E-state index is 11.1. The fourth-order valence-corrected chi connectivity index (χ4v) is 2.75. The Kier molecular flexibility index (Phi) is 4.11. The second kappa shape index (κ2) is 6.19. The molecule has 0 aliphatic carbocycles. The van der Waals surface area contributed by atoms with Crippen molar-refractivity contribution >= 4 is 5.97 Å². The van der Waals surface area contributed by atoms with E-state index in [-0.39, 0.29) is 6.54 Å². The molecule has 0 radical (unpaired) electrons. The summed E-state index contributed by atoms with van der Waals surface area (Å²) in [5.41, 5.74) is 3.22. The van der Waals surface area contributed by atoms with E-state index in [1.807, 2.05) is 24.0 Å². The molecular weight excluding hydrogens is 282 g/mol. The number of benzene rings is 1. The smallest absolute Gasteiger partial charge is 0.317 e. The lowest BCUT2D eigenvalue weighted by molar-refractivity contribution is -0.138. The Bertz CT molecular complexity index is 681. The van der Waals surface area contributed by atoms with Crippen LogP contribution in [0.15, 0.2) is 24.4 Å². The van der Waals surface area contributed by atoms with E-state index in [2.05, 4.69) is 16.0 Å². The van der Waals surface area contributed by atoms with Gasteiger partial charge in [0, 0.05) is 31.4 Å². The number of aliphatic carboxylic acids is 1. The van der Waals surface area contributed by atoms with E-state index < -0.39 is 5.97 Å². The SMILES string of the molecule is Cc1ncc(CN(CC(=O)O)Cc2ccc3c(c2)CCO3)[nH]1. The molecule has 22 heavy (non-hydrogen) atoms. The molecule has 1 aliphatic heterocycles. The highest BCUT2D eigenvalue weighted by Crippen LogP contribution is 2.26. The van der Waals surface area contributed by atoms with Crippen molar-refractivity contribution in [3.63, 3.8) is 0 Å². The summed E-state index contributed by atoms with van der Waals surface area (Å²) < 4.78 is 5.50. The average Bonchev–Trinajstić information content (AvgIpc) is 3.06. The van der Waals surface area contributed by atoms with E-state index in [4.69, 9.17) is 9.84 Å². The molecule has 116 valence electrons. The van der Waals surface area contributed by atoms with Crippen LogP contribution in [0.3, 0.4) is 0 Å². The van der Waals surface area contributed by atoms with Gasteiger partial charge in [0.2, 0.25) is 0 Å². The Morgan fingerprint density at radius 1 is 1.45 bits per heavy atom. The fraction of sp³-hybridized carbons (Fsp3) is 0.375. The topological polar surface area (TPSA) is 78.5 Å². The van der Waals surface area contributed by atoms with Crippen molar-refractivity contribution in [1.29, 1.82) is 0 Å². The summed E-state index contributed by atoms with van der Waals surface area (Å²) in [4.78, 5) is 20.3. The fourth-order valence-electron chi connectivity index (χ4n) is 2.75. The van der Waals surface area contributed by atoms with Gasteiger partial charge in [0.1, 0.15) is 11.6 Å². The zero-order valence-corrected chi connectivity index (χ0v) is 12.5.